The summed E-state index contributed by atoms with van der Waals surface area (Å²) in [5.41, 5.74) is -0.524. The molecule has 0 fully saturated rings. The predicted molar refractivity (Wildman–Crippen MR) is 73.5 cm³/mol. The Bertz CT molecular complexity index is 799. The third-order valence-corrected chi connectivity index (χ3v) is 3.85. The molecule has 0 aliphatic carbocycles. The summed E-state index contributed by atoms with van der Waals surface area (Å²) in [6.07, 6.45) is 2.21. The van der Waals surface area contributed by atoms with E-state index in [2.05, 4.69) is 20.0 Å². The molecule has 0 aliphatic heterocycles. The van der Waals surface area contributed by atoms with Gasteiger partial charge in [0.15, 0.2) is 0 Å². The fraction of sp³-hybridized carbons (Fsp3) is 0.0833. The fourth-order valence-corrected chi connectivity index (χ4v) is 2.47. The quantitative estimate of drug-likeness (QED) is 0.882. The van der Waals surface area contributed by atoms with Gasteiger partial charge in [-0.2, -0.15) is 5.26 Å². The summed E-state index contributed by atoms with van der Waals surface area (Å²) in [6.45, 7) is 0. The van der Waals surface area contributed by atoms with E-state index in [0.29, 0.717) is 0 Å². The average Bonchev–Trinajstić information content (AvgIpc) is 2.47. The molecule has 0 radical (unpaired) electrons. The van der Waals surface area contributed by atoms with E-state index in [1.807, 2.05) is 0 Å². The van der Waals surface area contributed by atoms with Crippen molar-refractivity contribution in [3.05, 3.63) is 42.0 Å². The summed E-state index contributed by atoms with van der Waals surface area (Å²) < 4.78 is 39.9. The van der Waals surface area contributed by atoms with Crippen molar-refractivity contribution < 1.29 is 12.8 Å². The largest absolute Gasteiger partial charge is 0.357 e. The molecule has 1 heterocycles. The SMILES string of the molecule is CNc1ncc(S(=O)(=O)Nc2cccc(F)c2C#N)cn1. The van der Waals surface area contributed by atoms with Crippen LogP contribution in [0.4, 0.5) is 16.0 Å². The first-order valence-electron chi connectivity index (χ1n) is 5.69. The highest BCUT2D eigenvalue weighted by molar-refractivity contribution is 7.92. The van der Waals surface area contributed by atoms with Gasteiger partial charge in [0.1, 0.15) is 22.3 Å². The van der Waals surface area contributed by atoms with E-state index in [1.54, 1.807) is 13.1 Å². The minimum absolute atomic E-state index is 0.143. The molecule has 2 rings (SSSR count). The molecule has 0 spiro atoms. The average molecular weight is 307 g/mol. The second-order valence-corrected chi connectivity index (χ2v) is 5.55. The zero-order valence-corrected chi connectivity index (χ0v) is 11.6. The maximum Gasteiger partial charge on any atom is 0.265 e. The van der Waals surface area contributed by atoms with Crippen molar-refractivity contribution in [2.45, 2.75) is 4.90 Å². The lowest BCUT2D eigenvalue weighted by Crippen LogP contribution is -2.15. The van der Waals surface area contributed by atoms with Crippen LogP contribution in [0.5, 0.6) is 0 Å². The maximum atomic E-state index is 13.4. The summed E-state index contributed by atoms with van der Waals surface area (Å²) in [5.74, 6) is -0.545. The van der Waals surface area contributed by atoms with Gasteiger partial charge in [-0.05, 0) is 12.1 Å². The van der Waals surface area contributed by atoms with Crippen LogP contribution in [0.2, 0.25) is 0 Å². The first-order chi connectivity index (χ1) is 9.97. The molecular weight excluding hydrogens is 297 g/mol. The summed E-state index contributed by atoms with van der Waals surface area (Å²) in [7, 11) is -2.42. The molecule has 0 saturated heterocycles. The number of rotatable bonds is 4. The lowest BCUT2D eigenvalue weighted by Gasteiger charge is -2.09. The first kappa shape index (κ1) is 14.7. The highest BCUT2D eigenvalue weighted by Crippen LogP contribution is 2.21. The summed E-state index contributed by atoms with van der Waals surface area (Å²) >= 11 is 0. The Morgan fingerprint density at radius 2 is 1.95 bits per heavy atom. The van der Waals surface area contributed by atoms with Crippen LogP contribution < -0.4 is 10.0 Å². The Morgan fingerprint density at radius 3 is 2.52 bits per heavy atom. The molecule has 1 aromatic heterocycles. The van der Waals surface area contributed by atoms with E-state index in [-0.39, 0.29) is 22.1 Å². The van der Waals surface area contributed by atoms with Gasteiger partial charge in [0.25, 0.3) is 10.0 Å². The first-order valence-corrected chi connectivity index (χ1v) is 7.17. The second kappa shape index (κ2) is 5.72. The van der Waals surface area contributed by atoms with Crippen LogP contribution in [0.1, 0.15) is 5.56 Å². The second-order valence-electron chi connectivity index (χ2n) is 3.87. The summed E-state index contributed by atoms with van der Waals surface area (Å²) in [4.78, 5) is 7.37. The maximum absolute atomic E-state index is 13.4. The molecule has 108 valence electrons. The van der Waals surface area contributed by atoms with E-state index in [1.165, 1.54) is 12.1 Å². The van der Waals surface area contributed by atoms with Crippen molar-refractivity contribution in [2.24, 2.45) is 0 Å². The molecule has 0 bridgehead atoms. The smallest absolute Gasteiger partial charge is 0.265 e. The van der Waals surface area contributed by atoms with Crippen molar-refractivity contribution >= 4 is 21.7 Å². The molecule has 21 heavy (non-hydrogen) atoms. The van der Waals surface area contributed by atoms with Gasteiger partial charge < -0.3 is 5.32 Å². The van der Waals surface area contributed by atoms with Gasteiger partial charge in [-0.15, -0.1) is 0 Å². The molecule has 2 aromatic rings. The monoisotopic (exact) mass is 307 g/mol. The number of halogens is 1. The van der Waals surface area contributed by atoms with Crippen LogP contribution in [0.3, 0.4) is 0 Å². The Labute approximate surface area is 120 Å². The number of hydrogen-bond acceptors (Lipinski definition) is 6. The van der Waals surface area contributed by atoms with Crippen LogP contribution in [-0.4, -0.2) is 25.4 Å². The Morgan fingerprint density at radius 1 is 1.29 bits per heavy atom. The summed E-state index contributed by atoms with van der Waals surface area (Å²) in [6, 6.07) is 5.28. The van der Waals surface area contributed by atoms with Crippen LogP contribution in [0, 0.1) is 17.1 Å². The van der Waals surface area contributed by atoms with Gasteiger partial charge in [-0.3, -0.25) is 4.72 Å². The van der Waals surface area contributed by atoms with E-state index in [9.17, 15) is 12.8 Å². The summed E-state index contributed by atoms with van der Waals surface area (Å²) in [5, 5.41) is 11.5. The lowest BCUT2D eigenvalue weighted by atomic mass is 10.2. The molecule has 9 heteroatoms. The Kier molecular flexibility index (Phi) is 4.00. The third-order valence-electron chi connectivity index (χ3n) is 2.53. The number of hydrogen-bond donors (Lipinski definition) is 2. The van der Waals surface area contributed by atoms with Crippen LogP contribution in [0.25, 0.3) is 0 Å². The topological polar surface area (TPSA) is 108 Å². The number of nitrogens with one attached hydrogen (secondary N) is 2. The van der Waals surface area contributed by atoms with Gasteiger partial charge in [0, 0.05) is 7.05 Å². The van der Waals surface area contributed by atoms with E-state index in [4.69, 9.17) is 5.26 Å². The van der Waals surface area contributed by atoms with E-state index < -0.39 is 15.8 Å². The zero-order valence-electron chi connectivity index (χ0n) is 10.8. The Hall–Kier alpha value is -2.73. The minimum Gasteiger partial charge on any atom is -0.357 e. The molecule has 1 aromatic carbocycles. The van der Waals surface area contributed by atoms with Gasteiger partial charge >= 0.3 is 0 Å². The number of anilines is 2. The van der Waals surface area contributed by atoms with Crippen molar-refractivity contribution in [1.29, 1.82) is 5.26 Å². The van der Waals surface area contributed by atoms with Crippen molar-refractivity contribution in [3.63, 3.8) is 0 Å². The number of nitrogens with zero attached hydrogens (tertiary/aromatic N) is 3. The minimum atomic E-state index is -4.01. The predicted octanol–water partition coefficient (Wildman–Crippen LogP) is 1.33. The highest BCUT2D eigenvalue weighted by atomic mass is 32.2. The molecule has 7 nitrogen and oxygen atoms in total. The van der Waals surface area contributed by atoms with Crippen LogP contribution in [0.15, 0.2) is 35.5 Å². The van der Waals surface area contributed by atoms with Crippen molar-refractivity contribution in [3.8, 4) is 6.07 Å². The lowest BCUT2D eigenvalue weighted by molar-refractivity contribution is 0.600. The standard InChI is InChI=1S/C12H10FN5O2S/c1-15-12-16-6-8(7-17-12)21(19,20)18-11-4-2-3-10(13)9(11)5-14/h2-4,6-7,18H,1H3,(H,15,16,17). The van der Waals surface area contributed by atoms with Crippen LogP contribution in [-0.2, 0) is 10.0 Å². The van der Waals surface area contributed by atoms with Gasteiger partial charge in [-0.1, -0.05) is 6.07 Å². The fourth-order valence-electron chi connectivity index (χ4n) is 1.51. The molecule has 2 N–H and O–H groups in total. The third kappa shape index (κ3) is 3.06. The van der Waals surface area contributed by atoms with Gasteiger partial charge in [0.05, 0.1) is 18.1 Å². The molecule has 0 aliphatic rings. The molecule has 0 unspecified atom stereocenters. The normalized spacial score (nSPS) is 10.7. The number of nitriles is 1. The molecule has 0 saturated carbocycles. The molecular formula is C12H10FN5O2S. The number of aromatic nitrogens is 2. The number of benzene rings is 1. The van der Waals surface area contributed by atoms with Gasteiger partial charge in [-0.25, -0.2) is 22.8 Å². The number of sulfonamides is 1. The van der Waals surface area contributed by atoms with Crippen molar-refractivity contribution in [1.82, 2.24) is 9.97 Å². The van der Waals surface area contributed by atoms with Crippen LogP contribution >= 0.6 is 0 Å². The van der Waals surface area contributed by atoms with E-state index in [0.717, 1.165) is 18.5 Å². The Balaban J connectivity index is 2.38. The van der Waals surface area contributed by atoms with Crippen molar-refractivity contribution in [2.75, 3.05) is 17.1 Å². The van der Waals surface area contributed by atoms with E-state index >= 15 is 0 Å². The molecule has 0 amide bonds. The molecule has 0 atom stereocenters. The van der Waals surface area contributed by atoms with Gasteiger partial charge in [0.2, 0.25) is 5.95 Å². The highest BCUT2D eigenvalue weighted by Gasteiger charge is 2.18. The zero-order chi connectivity index (χ0) is 15.5.